The van der Waals surface area contributed by atoms with Gasteiger partial charge in [0.05, 0.1) is 6.04 Å². The number of carboxylic acid groups (broad SMARTS) is 1. The summed E-state index contributed by atoms with van der Waals surface area (Å²) in [6, 6.07) is 14.3. The van der Waals surface area contributed by atoms with Crippen LogP contribution in [0.15, 0.2) is 65.7 Å². The van der Waals surface area contributed by atoms with Crippen LogP contribution in [0.25, 0.3) is 0 Å². The molecule has 0 spiro atoms. The summed E-state index contributed by atoms with van der Waals surface area (Å²) in [5.74, 6) is -3.07. The van der Waals surface area contributed by atoms with E-state index in [1.54, 1.807) is 0 Å². The number of hydrogen-bond donors (Lipinski definition) is 7. The van der Waals surface area contributed by atoms with Crippen LogP contribution in [-0.2, 0) is 32.0 Å². The first-order valence-corrected chi connectivity index (χ1v) is 14.0. The van der Waals surface area contributed by atoms with E-state index >= 15 is 0 Å². The highest BCUT2D eigenvalue weighted by atomic mass is 16.4. The average Bonchev–Trinajstić information content (AvgIpc) is 2.94. The molecule has 0 aliphatic heterocycles. The number of aliphatic carboxylic acids is 1. The molecular formula is C30H43N7O5. The summed E-state index contributed by atoms with van der Waals surface area (Å²) in [4.78, 5) is 55.5. The van der Waals surface area contributed by atoms with Crippen molar-refractivity contribution in [2.45, 2.75) is 70.1 Å². The number of nitrogens with two attached hydrogens (primary N) is 3. The van der Waals surface area contributed by atoms with Crippen LogP contribution in [0.5, 0.6) is 0 Å². The maximum absolute atomic E-state index is 13.6. The summed E-state index contributed by atoms with van der Waals surface area (Å²) in [6.45, 7) is 3.96. The average molecular weight is 582 g/mol. The molecular weight excluding hydrogens is 538 g/mol. The Morgan fingerprint density at radius 3 is 1.79 bits per heavy atom. The fourth-order valence-electron chi connectivity index (χ4n) is 4.31. The Balaban J connectivity index is 2.17. The largest absolute Gasteiger partial charge is 0.480 e. The molecule has 0 aliphatic carbocycles. The normalized spacial score (nSPS) is 13.7. The maximum Gasteiger partial charge on any atom is 0.326 e. The quantitative estimate of drug-likeness (QED) is 0.0788. The Hall–Kier alpha value is -4.45. The second kappa shape index (κ2) is 17.4. The van der Waals surface area contributed by atoms with E-state index in [4.69, 9.17) is 17.2 Å². The summed E-state index contributed by atoms with van der Waals surface area (Å²) >= 11 is 0. The topological polar surface area (TPSA) is 215 Å². The van der Waals surface area contributed by atoms with Crippen LogP contribution in [0.1, 0.15) is 44.2 Å². The fraction of sp³-hybridized carbons (Fsp3) is 0.433. The standard InChI is InChI=1S/C30H43N7O5/c1-19(2)16-24(27(39)35-23(29(41)42)14-9-15-34-30(32)33)37-28(40)25(18-21-12-7-4-8-13-21)36-26(38)22(31)17-20-10-5-3-6-11-20/h3-8,10-13,19,22-25H,9,14-18,31H2,1-2H3,(H,35,39)(H,36,38)(H,37,40)(H,41,42)(H4,32,33,34). The van der Waals surface area contributed by atoms with Crippen molar-refractivity contribution >= 4 is 29.7 Å². The molecule has 0 radical (unpaired) electrons. The Morgan fingerprint density at radius 1 is 0.762 bits per heavy atom. The smallest absolute Gasteiger partial charge is 0.326 e. The van der Waals surface area contributed by atoms with Crippen LogP contribution < -0.4 is 33.2 Å². The van der Waals surface area contributed by atoms with Gasteiger partial charge in [-0.3, -0.25) is 19.4 Å². The number of rotatable bonds is 17. The van der Waals surface area contributed by atoms with Gasteiger partial charge < -0.3 is 38.3 Å². The van der Waals surface area contributed by atoms with Gasteiger partial charge >= 0.3 is 5.97 Å². The lowest BCUT2D eigenvalue weighted by Gasteiger charge is -2.26. The predicted octanol–water partition coefficient (Wildman–Crippen LogP) is 0.438. The lowest BCUT2D eigenvalue weighted by atomic mass is 10.00. The molecule has 0 aromatic heterocycles. The number of carbonyl (C=O) groups excluding carboxylic acids is 3. The highest BCUT2D eigenvalue weighted by Crippen LogP contribution is 2.10. The Morgan fingerprint density at radius 2 is 1.26 bits per heavy atom. The lowest BCUT2D eigenvalue weighted by Crippen LogP contribution is -2.58. The van der Waals surface area contributed by atoms with E-state index in [9.17, 15) is 24.3 Å². The van der Waals surface area contributed by atoms with Crippen LogP contribution in [0, 0.1) is 5.92 Å². The van der Waals surface area contributed by atoms with Crippen LogP contribution in [0.3, 0.4) is 0 Å². The monoisotopic (exact) mass is 581 g/mol. The minimum atomic E-state index is -1.22. The molecule has 42 heavy (non-hydrogen) atoms. The molecule has 0 heterocycles. The van der Waals surface area contributed by atoms with Crippen LogP contribution in [0.2, 0.25) is 0 Å². The summed E-state index contributed by atoms with van der Waals surface area (Å²) in [7, 11) is 0. The van der Waals surface area contributed by atoms with E-state index in [-0.39, 0.29) is 44.1 Å². The number of aliphatic imine (C=N–C) groups is 1. The summed E-state index contributed by atoms with van der Waals surface area (Å²) in [5.41, 5.74) is 18.5. The number of nitrogens with one attached hydrogen (secondary N) is 3. The second-order valence-electron chi connectivity index (χ2n) is 10.6. The second-order valence-corrected chi connectivity index (χ2v) is 10.6. The van der Waals surface area contributed by atoms with Crippen molar-refractivity contribution < 1.29 is 24.3 Å². The third kappa shape index (κ3) is 12.4. The predicted molar refractivity (Wildman–Crippen MR) is 161 cm³/mol. The van der Waals surface area contributed by atoms with Crippen molar-refractivity contribution in [2.75, 3.05) is 6.54 Å². The SMILES string of the molecule is CC(C)CC(NC(=O)C(Cc1ccccc1)NC(=O)C(N)Cc1ccccc1)C(=O)NC(CCCN=C(N)N)C(=O)O. The third-order valence-corrected chi connectivity index (χ3v) is 6.45. The Bertz CT molecular complexity index is 1190. The highest BCUT2D eigenvalue weighted by Gasteiger charge is 2.31. The van der Waals surface area contributed by atoms with Crippen molar-refractivity contribution in [1.29, 1.82) is 0 Å². The minimum absolute atomic E-state index is 0.00680. The van der Waals surface area contributed by atoms with Gasteiger partial charge in [-0.05, 0) is 42.7 Å². The number of amides is 3. The zero-order chi connectivity index (χ0) is 31.1. The van der Waals surface area contributed by atoms with Gasteiger partial charge in [0.15, 0.2) is 5.96 Å². The Labute approximate surface area is 246 Å². The van der Waals surface area contributed by atoms with E-state index in [2.05, 4.69) is 20.9 Å². The molecule has 228 valence electrons. The molecule has 2 aromatic rings. The van der Waals surface area contributed by atoms with Crippen LogP contribution >= 0.6 is 0 Å². The van der Waals surface area contributed by atoms with Gasteiger partial charge in [-0.25, -0.2) is 4.79 Å². The fourth-order valence-corrected chi connectivity index (χ4v) is 4.31. The number of hydrogen-bond acceptors (Lipinski definition) is 6. The van der Waals surface area contributed by atoms with Crippen molar-refractivity contribution in [1.82, 2.24) is 16.0 Å². The van der Waals surface area contributed by atoms with Crippen molar-refractivity contribution in [3.8, 4) is 0 Å². The molecule has 0 bridgehead atoms. The molecule has 12 heteroatoms. The first kappa shape index (κ1) is 33.8. The molecule has 0 aliphatic rings. The summed E-state index contributed by atoms with van der Waals surface area (Å²) in [6.07, 6.45) is 1.11. The van der Waals surface area contributed by atoms with Crippen LogP contribution in [0.4, 0.5) is 0 Å². The molecule has 0 fully saturated rings. The van der Waals surface area contributed by atoms with E-state index in [0.717, 1.165) is 11.1 Å². The number of guanidine groups is 1. The molecule has 2 rings (SSSR count). The molecule has 0 saturated carbocycles. The zero-order valence-electron chi connectivity index (χ0n) is 24.2. The first-order valence-electron chi connectivity index (χ1n) is 14.0. The third-order valence-electron chi connectivity index (χ3n) is 6.45. The van der Waals surface area contributed by atoms with Gasteiger partial charge in [0.25, 0.3) is 0 Å². The van der Waals surface area contributed by atoms with Crippen molar-refractivity contribution in [2.24, 2.45) is 28.1 Å². The van der Waals surface area contributed by atoms with Gasteiger partial charge in [0, 0.05) is 13.0 Å². The molecule has 4 atom stereocenters. The Kier molecular flexibility index (Phi) is 14.0. The van der Waals surface area contributed by atoms with Gasteiger partial charge in [0.1, 0.15) is 18.1 Å². The molecule has 0 saturated heterocycles. The molecule has 10 N–H and O–H groups in total. The summed E-state index contributed by atoms with van der Waals surface area (Å²) in [5, 5.41) is 17.6. The zero-order valence-corrected chi connectivity index (χ0v) is 24.2. The lowest BCUT2D eigenvalue weighted by molar-refractivity contribution is -0.142. The van der Waals surface area contributed by atoms with Crippen molar-refractivity contribution in [3.05, 3.63) is 71.8 Å². The first-order chi connectivity index (χ1) is 20.0. The molecule has 3 amide bonds. The van der Waals surface area contributed by atoms with Crippen molar-refractivity contribution in [3.63, 3.8) is 0 Å². The highest BCUT2D eigenvalue weighted by molar-refractivity contribution is 5.94. The van der Waals surface area contributed by atoms with E-state index in [1.807, 2.05) is 74.5 Å². The molecule has 4 unspecified atom stereocenters. The number of carbonyl (C=O) groups is 4. The van der Waals surface area contributed by atoms with E-state index < -0.39 is 47.9 Å². The van der Waals surface area contributed by atoms with Gasteiger partial charge in [-0.1, -0.05) is 74.5 Å². The van der Waals surface area contributed by atoms with E-state index in [0.29, 0.717) is 6.42 Å². The van der Waals surface area contributed by atoms with E-state index in [1.165, 1.54) is 0 Å². The number of nitrogens with zero attached hydrogens (tertiary/aromatic N) is 1. The summed E-state index contributed by atoms with van der Waals surface area (Å²) < 4.78 is 0. The maximum atomic E-state index is 13.6. The number of benzene rings is 2. The number of carboxylic acids is 1. The van der Waals surface area contributed by atoms with Gasteiger partial charge in [-0.15, -0.1) is 0 Å². The molecule has 12 nitrogen and oxygen atoms in total. The molecule has 2 aromatic carbocycles. The minimum Gasteiger partial charge on any atom is -0.480 e. The van der Waals surface area contributed by atoms with Gasteiger partial charge in [0.2, 0.25) is 17.7 Å². The van der Waals surface area contributed by atoms with Gasteiger partial charge in [-0.2, -0.15) is 0 Å². The van der Waals surface area contributed by atoms with Crippen LogP contribution in [-0.4, -0.2) is 65.5 Å².